The molecular formula is C24H26FN5O2. The van der Waals surface area contributed by atoms with Crippen molar-refractivity contribution in [3.63, 3.8) is 0 Å². The zero-order chi connectivity index (χ0) is 23.0. The van der Waals surface area contributed by atoms with Crippen LogP contribution in [0.4, 0.5) is 10.1 Å². The van der Waals surface area contributed by atoms with Crippen molar-refractivity contribution in [2.75, 3.05) is 18.4 Å². The van der Waals surface area contributed by atoms with Crippen molar-refractivity contribution < 1.29 is 14.0 Å². The van der Waals surface area contributed by atoms with Crippen LogP contribution in [-0.4, -0.2) is 44.8 Å². The highest BCUT2D eigenvalue weighted by molar-refractivity contribution is 5.96. The van der Waals surface area contributed by atoms with Crippen LogP contribution in [0.1, 0.15) is 34.4 Å². The number of carbonyl (C=O) groups is 2. The Morgan fingerprint density at radius 2 is 1.81 bits per heavy atom. The number of anilines is 1. The van der Waals surface area contributed by atoms with Gasteiger partial charge in [0.1, 0.15) is 17.8 Å². The number of halogens is 1. The average Bonchev–Trinajstić information content (AvgIpc) is 3.37. The van der Waals surface area contributed by atoms with E-state index >= 15 is 0 Å². The molecule has 3 aromatic rings. The van der Waals surface area contributed by atoms with E-state index in [2.05, 4.69) is 20.3 Å². The smallest absolute Gasteiger partial charge is 0.270 e. The fourth-order valence-electron chi connectivity index (χ4n) is 4.25. The third-order valence-electron chi connectivity index (χ3n) is 6.07. The number of aromatic amines is 1. The van der Waals surface area contributed by atoms with Crippen molar-refractivity contribution in [1.29, 1.82) is 0 Å². The summed E-state index contributed by atoms with van der Waals surface area (Å²) in [5.41, 5.74) is 4.82. The average molecular weight is 436 g/mol. The Bertz CT molecular complexity index is 1170. The molecule has 1 fully saturated rings. The Kier molecular flexibility index (Phi) is 5.78. The predicted octanol–water partition coefficient (Wildman–Crippen LogP) is 3.88. The molecule has 2 atom stereocenters. The van der Waals surface area contributed by atoms with E-state index in [0.717, 1.165) is 22.6 Å². The van der Waals surface area contributed by atoms with Gasteiger partial charge in [0.2, 0.25) is 5.91 Å². The van der Waals surface area contributed by atoms with Gasteiger partial charge in [-0.15, -0.1) is 0 Å². The first-order chi connectivity index (χ1) is 15.2. The molecule has 2 amide bonds. The maximum atomic E-state index is 13.5. The molecule has 7 nitrogen and oxygen atoms in total. The quantitative estimate of drug-likeness (QED) is 0.651. The molecule has 0 saturated carbocycles. The summed E-state index contributed by atoms with van der Waals surface area (Å²) in [4.78, 5) is 39.3. The number of nitrogens with zero attached hydrogens (tertiary/aromatic N) is 3. The molecule has 1 saturated heterocycles. The second-order valence-electron chi connectivity index (χ2n) is 8.45. The monoisotopic (exact) mass is 435 g/mol. The second-order valence-corrected chi connectivity index (χ2v) is 8.45. The van der Waals surface area contributed by atoms with Crippen molar-refractivity contribution in [3.8, 4) is 11.3 Å². The second kappa shape index (κ2) is 8.53. The number of H-pyrrole nitrogens is 1. The number of aromatic nitrogens is 3. The number of rotatable bonds is 4. The number of hydrogen-bond acceptors (Lipinski definition) is 4. The summed E-state index contributed by atoms with van der Waals surface area (Å²) in [6.45, 7) is 8.23. The van der Waals surface area contributed by atoms with Gasteiger partial charge in [-0.1, -0.05) is 6.92 Å². The van der Waals surface area contributed by atoms with E-state index in [0.29, 0.717) is 30.0 Å². The number of aryl methyl sites for hydroxylation is 3. The molecule has 0 radical (unpaired) electrons. The number of nitrogens with one attached hydrogen (secondary N) is 2. The standard InChI is InChI=1S/C24H26FN5O2/c1-13-9-17(5-6-19(13)25)28-23(31)18-11-30(10-14(18)2)24(32)21-8-7-20(29-21)22-15(3)26-12-27-16(22)4/h5-9,12,14,18,29H,10-11H2,1-4H3,(H,28,31)/t14-,18-/m1/s1. The lowest BCUT2D eigenvalue weighted by Crippen LogP contribution is -2.31. The largest absolute Gasteiger partial charge is 0.350 e. The molecule has 1 aromatic carbocycles. The molecule has 0 spiro atoms. The summed E-state index contributed by atoms with van der Waals surface area (Å²) in [7, 11) is 0. The summed E-state index contributed by atoms with van der Waals surface area (Å²) in [6.07, 6.45) is 1.52. The molecule has 8 heteroatoms. The van der Waals surface area contributed by atoms with Gasteiger partial charge >= 0.3 is 0 Å². The van der Waals surface area contributed by atoms with E-state index in [1.807, 2.05) is 26.8 Å². The summed E-state index contributed by atoms with van der Waals surface area (Å²) in [6, 6.07) is 8.09. The summed E-state index contributed by atoms with van der Waals surface area (Å²) in [5, 5.41) is 2.85. The number of likely N-dealkylation sites (tertiary alicyclic amines) is 1. The molecule has 32 heavy (non-hydrogen) atoms. The van der Waals surface area contributed by atoms with Gasteiger partial charge in [-0.3, -0.25) is 9.59 Å². The number of hydrogen-bond donors (Lipinski definition) is 2. The zero-order valence-corrected chi connectivity index (χ0v) is 18.6. The molecular weight excluding hydrogens is 409 g/mol. The molecule has 0 unspecified atom stereocenters. The minimum absolute atomic E-state index is 0.00180. The molecule has 4 rings (SSSR count). The van der Waals surface area contributed by atoms with Crippen LogP contribution in [0.25, 0.3) is 11.3 Å². The molecule has 1 aliphatic heterocycles. The third kappa shape index (κ3) is 4.12. The highest BCUT2D eigenvalue weighted by Gasteiger charge is 2.37. The fraction of sp³-hybridized carbons (Fsp3) is 0.333. The van der Waals surface area contributed by atoms with E-state index in [-0.39, 0.29) is 29.5 Å². The van der Waals surface area contributed by atoms with Gasteiger partial charge in [0.25, 0.3) is 5.91 Å². The Balaban J connectivity index is 1.46. The Morgan fingerprint density at radius 1 is 1.09 bits per heavy atom. The third-order valence-corrected chi connectivity index (χ3v) is 6.07. The maximum absolute atomic E-state index is 13.5. The van der Waals surface area contributed by atoms with Crippen LogP contribution >= 0.6 is 0 Å². The van der Waals surface area contributed by atoms with E-state index in [1.165, 1.54) is 12.4 Å². The summed E-state index contributed by atoms with van der Waals surface area (Å²) in [5.74, 6) is -0.971. The van der Waals surface area contributed by atoms with Crippen LogP contribution < -0.4 is 5.32 Å². The fourth-order valence-corrected chi connectivity index (χ4v) is 4.25. The van der Waals surface area contributed by atoms with Gasteiger partial charge in [0, 0.05) is 30.0 Å². The Hall–Kier alpha value is -3.55. The summed E-state index contributed by atoms with van der Waals surface area (Å²) < 4.78 is 13.5. The minimum atomic E-state index is -0.342. The molecule has 166 valence electrons. The molecule has 1 aliphatic rings. The molecule has 0 bridgehead atoms. The highest BCUT2D eigenvalue weighted by atomic mass is 19.1. The minimum Gasteiger partial charge on any atom is -0.350 e. The van der Waals surface area contributed by atoms with Crippen LogP contribution in [0.3, 0.4) is 0 Å². The topological polar surface area (TPSA) is 91.0 Å². The van der Waals surface area contributed by atoms with Crippen LogP contribution in [0, 0.1) is 38.4 Å². The van der Waals surface area contributed by atoms with Crippen LogP contribution in [0.5, 0.6) is 0 Å². The van der Waals surface area contributed by atoms with Gasteiger partial charge in [0.15, 0.2) is 0 Å². The SMILES string of the molecule is Cc1cc(NC(=O)[C@@H]2CN(C(=O)c3ccc(-c4c(C)ncnc4C)[nH]3)C[C@H]2C)ccc1F. The predicted molar refractivity (Wildman–Crippen MR) is 120 cm³/mol. The summed E-state index contributed by atoms with van der Waals surface area (Å²) >= 11 is 0. The van der Waals surface area contributed by atoms with Crippen molar-refractivity contribution >= 4 is 17.5 Å². The number of benzene rings is 1. The van der Waals surface area contributed by atoms with Crippen LogP contribution in [0.2, 0.25) is 0 Å². The zero-order valence-electron chi connectivity index (χ0n) is 18.6. The van der Waals surface area contributed by atoms with E-state index in [9.17, 15) is 14.0 Å². The van der Waals surface area contributed by atoms with Crippen molar-refractivity contribution in [2.45, 2.75) is 27.7 Å². The van der Waals surface area contributed by atoms with Gasteiger partial charge < -0.3 is 15.2 Å². The lowest BCUT2D eigenvalue weighted by molar-refractivity contribution is -0.120. The number of amides is 2. The Labute approximate surface area is 186 Å². The van der Waals surface area contributed by atoms with E-state index < -0.39 is 0 Å². The van der Waals surface area contributed by atoms with Crippen molar-refractivity contribution in [1.82, 2.24) is 19.9 Å². The molecule has 0 aliphatic carbocycles. The Morgan fingerprint density at radius 3 is 2.50 bits per heavy atom. The van der Waals surface area contributed by atoms with Gasteiger partial charge in [-0.25, -0.2) is 14.4 Å². The molecule has 2 N–H and O–H groups in total. The highest BCUT2D eigenvalue weighted by Crippen LogP contribution is 2.28. The van der Waals surface area contributed by atoms with Gasteiger partial charge in [-0.05, 0) is 62.6 Å². The van der Waals surface area contributed by atoms with Gasteiger partial charge in [0.05, 0.1) is 17.3 Å². The first-order valence-electron chi connectivity index (χ1n) is 10.6. The van der Waals surface area contributed by atoms with E-state index in [1.54, 1.807) is 30.0 Å². The van der Waals surface area contributed by atoms with Crippen LogP contribution in [0.15, 0.2) is 36.7 Å². The van der Waals surface area contributed by atoms with Crippen LogP contribution in [-0.2, 0) is 4.79 Å². The first-order valence-corrected chi connectivity index (χ1v) is 10.6. The van der Waals surface area contributed by atoms with Gasteiger partial charge in [-0.2, -0.15) is 0 Å². The van der Waals surface area contributed by atoms with Crippen molar-refractivity contribution in [3.05, 3.63) is 65.1 Å². The number of carbonyl (C=O) groups excluding carboxylic acids is 2. The normalized spacial score (nSPS) is 18.1. The maximum Gasteiger partial charge on any atom is 0.270 e. The molecule has 2 aromatic heterocycles. The van der Waals surface area contributed by atoms with E-state index in [4.69, 9.17) is 0 Å². The lowest BCUT2D eigenvalue weighted by Gasteiger charge is -2.16. The molecule has 3 heterocycles. The lowest BCUT2D eigenvalue weighted by atomic mass is 9.97. The first kappa shape index (κ1) is 21.7. The van der Waals surface area contributed by atoms with Crippen molar-refractivity contribution in [2.24, 2.45) is 11.8 Å².